The summed E-state index contributed by atoms with van der Waals surface area (Å²) in [6, 6.07) is 4.33. The molecule has 0 fully saturated rings. The fourth-order valence-corrected chi connectivity index (χ4v) is 2.72. The van der Waals surface area contributed by atoms with Crippen LogP contribution in [0.2, 0.25) is 0 Å². The van der Waals surface area contributed by atoms with E-state index in [4.69, 9.17) is 9.47 Å². The SMILES string of the molecule is CCCC(C)COc1c(OC)c2ccc([N+](=O)[O-])cc2n(C)c1=O. The Labute approximate surface area is 140 Å². The van der Waals surface area contributed by atoms with Gasteiger partial charge in [0.15, 0.2) is 5.75 Å². The van der Waals surface area contributed by atoms with Crippen molar-refractivity contribution in [1.82, 2.24) is 4.57 Å². The molecule has 130 valence electrons. The molecular formula is C17H22N2O5. The number of aromatic nitrogens is 1. The van der Waals surface area contributed by atoms with E-state index in [2.05, 4.69) is 13.8 Å². The lowest BCUT2D eigenvalue weighted by molar-refractivity contribution is -0.384. The van der Waals surface area contributed by atoms with Crippen molar-refractivity contribution in [2.45, 2.75) is 26.7 Å². The summed E-state index contributed by atoms with van der Waals surface area (Å²) in [4.78, 5) is 23.1. The third-order valence-electron chi connectivity index (χ3n) is 4.00. The predicted octanol–water partition coefficient (Wildman–Crippen LogP) is 3.27. The minimum absolute atomic E-state index is 0.0789. The van der Waals surface area contributed by atoms with Crippen LogP contribution < -0.4 is 15.0 Å². The molecule has 1 unspecified atom stereocenters. The Morgan fingerprint density at radius 1 is 1.33 bits per heavy atom. The highest BCUT2D eigenvalue weighted by Gasteiger charge is 2.20. The maximum Gasteiger partial charge on any atom is 0.297 e. The van der Waals surface area contributed by atoms with Crippen LogP contribution in [-0.2, 0) is 7.05 Å². The number of nitro groups is 1. The molecule has 0 aliphatic carbocycles. The van der Waals surface area contributed by atoms with Crippen molar-refractivity contribution in [3.8, 4) is 11.5 Å². The Hall–Kier alpha value is -2.57. The second-order valence-corrected chi connectivity index (χ2v) is 5.89. The zero-order valence-electron chi connectivity index (χ0n) is 14.4. The van der Waals surface area contributed by atoms with Crippen molar-refractivity contribution in [1.29, 1.82) is 0 Å². The Kier molecular flexibility index (Phi) is 5.43. The van der Waals surface area contributed by atoms with Gasteiger partial charge in [-0.3, -0.25) is 14.9 Å². The number of non-ortho nitro benzene ring substituents is 1. The maximum atomic E-state index is 12.6. The normalized spacial score (nSPS) is 12.2. The molecule has 0 bridgehead atoms. The molecule has 24 heavy (non-hydrogen) atoms. The van der Waals surface area contributed by atoms with Gasteiger partial charge in [-0.05, 0) is 18.4 Å². The average Bonchev–Trinajstić information content (AvgIpc) is 2.56. The second kappa shape index (κ2) is 7.33. The van der Waals surface area contributed by atoms with Crippen LogP contribution in [0.3, 0.4) is 0 Å². The number of nitrogens with zero attached hydrogens (tertiary/aromatic N) is 2. The van der Waals surface area contributed by atoms with Gasteiger partial charge in [0.05, 0.1) is 24.2 Å². The van der Waals surface area contributed by atoms with Crippen molar-refractivity contribution >= 4 is 16.6 Å². The van der Waals surface area contributed by atoms with Gasteiger partial charge < -0.3 is 14.0 Å². The van der Waals surface area contributed by atoms with Gasteiger partial charge in [-0.25, -0.2) is 0 Å². The second-order valence-electron chi connectivity index (χ2n) is 5.89. The van der Waals surface area contributed by atoms with Crippen molar-refractivity contribution in [3.63, 3.8) is 0 Å². The average molecular weight is 334 g/mol. The number of hydrogen-bond donors (Lipinski definition) is 0. The predicted molar refractivity (Wildman–Crippen MR) is 92.0 cm³/mol. The highest BCUT2D eigenvalue weighted by atomic mass is 16.6. The molecule has 1 aromatic heterocycles. The van der Waals surface area contributed by atoms with Crippen LogP contribution in [0.25, 0.3) is 10.9 Å². The summed E-state index contributed by atoms with van der Waals surface area (Å²) in [6.07, 6.45) is 2.05. The Morgan fingerprint density at radius 2 is 2.04 bits per heavy atom. The molecule has 1 aromatic carbocycles. The summed E-state index contributed by atoms with van der Waals surface area (Å²) in [5.41, 5.74) is -0.0201. The Balaban J connectivity index is 2.56. The van der Waals surface area contributed by atoms with Crippen LogP contribution in [0.15, 0.2) is 23.0 Å². The lowest BCUT2D eigenvalue weighted by Gasteiger charge is -2.17. The molecule has 0 N–H and O–H groups in total. The van der Waals surface area contributed by atoms with E-state index in [9.17, 15) is 14.9 Å². The molecule has 1 atom stereocenters. The molecule has 0 amide bonds. The summed E-state index contributed by atoms with van der Waals surface area (Å²) in [5, 5.41) is 11.6. The van der Waals surface area contributed by atoms with Gasteiger partial charge in [-0.2, -0.15) is 0 Å². The zero-order chi connectivity index (χ0) is 17.9. The highest BCUT2D eigenvalue weighted by Crippen LogP contribution is 2.34. The number of pyridine rings is 1. The molecule has 0 aliphatic rings. The van der Waals surface area contributed by atoms with E-state index in [1.54, 1.807) is 13.1 Å². The van der Waals surface area contributed by atoms with Crippen LogP contribution in [0.4, 0.5) is 5.69 Å². The molecular weight excluding hydrogens is 312 g/mol. The smallest absolute Gasteiger partial charge is 0.297 e. The van der Waals surface area contributed by atoms with E-state index < -0.39 is 4.92 Å². The summed E-state index contributed by atoms with van der Waals surface area (Å²) in [7, 11) is 3.02. The number of rotatable bonds is 7. The first-order valence-corrected chi connectivity index (χ1v) is 7.88. The maximum absolute atomic E-state index is 12.6. The van der Waals surface area contributed by atoms with Crippen molar-refractivity contribution in [3.05, 3.63) is 38.7 Å². The van der Waals surface area contributed by atoms with Crippen LogP contribution in [0.1, 0.15) is 26.7 Å². The molecule has 2 aromatic rings. The zero-order valence-corrected chi connectivity index (χ0v) is 14.4. The summed E-state index contributed by atoms with van der Waals surface area (Å²) in [5.74, 6) is 0.771. The summed E-state index contributed by atoms with van der Waals surface area (Å²) >= 11 is 0. The monoisotopic (exact) mass is 334 g/mol. The fourth-order valence-electron chi connectivity index (χ4n) is 2.72. The van der Waals surface area contributed by atoms with E-state index in [0.29, 0.717) is 29.2 Å². The molecule has 7 heteroatoms. The molecule has 0 radical (unpaired) electrons. The largest absolute Gasteiger partial charge is 0.492 e. The van der Waals surface area contributed by atoms with Gasteiger partial charge in [0.2, 0.25) is 5.75 Å². The van der Waals surface area contributed by atoms with Crippen LogP contribution >= 0.6 is 0 Å². The van der Waals surface area contributed by atoms with Crippen LogP contribution in [0, 0.1) is 16.0 Å². The van der Waals surface area contributed by atoms with Gasteiger partial charge in [0.1, 0.15) is 0 Å². The number of benzene rings is 1. The molecule has 0 saturated heterocycles. The van der Waals surface area contributed by atoms with E-state index in [1.165, 1.54) is 23.8 Å². The van der Waals surface area contributed by atoms with Gasteiger partial charge in [0.25, 0.3) is 11.2 Å². The third-order valence-corrected chi connectivity index (χ3v) is 4.00. The molecule has 2 rings (SSSR count). The van der Waals surface area contributed by atoms with Gasteiger partial charge in [-0.15, -0.1) is 0 Å². The first-order valence-electron chi connectivity index (χ1n) is 7.88. The van der Waals surface area contributed by atoms with Gasteiger partial charge in [-0.1, -0.05) is 20.3 Å². The third kappa shape index (κ3) is 3.34. The van der Waals surface area contributed by atoms with Gasteiger partial charge in [0, 0.05) is 24.6 Å². The topological polar surface area (TPSA) is 83.6 Å². The standard InChI is InChI=1S/C17H22N2O5/c1-5-6-11(2)10-24-16-15(23-4)13-8-7-12(19(21)22)9-14(13)18(3)17(16)20/h7-9,11H,5-6,10H2,1-4H3. The van der Waals surface area contributed by atoms with E-state index in [0.717, 1.165) is 12.8 Å². The molecule has 7 nitrogen and oxygen atoms in total. The van der Waals surface area contributed by atoms with Crippen LogP contribution in [0.5, 0.6) is 11.5 Å². The van der Waals surface area contributed by atoms with E-state index >= 15 is 0 Å². The number of aryl methyl sites for hydroxylation is 1. The molecule has 1 heterocycles. The minimum atomic E-state index is -0.493. The van der Waals surface area contributed by atoms with Gasteiger partial charge >= 0.3 is 0 Å². The van der Waals surface area contributed by atoms with Crippen molar-refractivity contribution in [2.75, 3.05) is 13.7 Å². The molecule has 0 aliphatic heterocycles. The summed E-state index contributed by atoms with van der Waals surface area (Å²) < 4.78 is 12.5. The molecule has 0 spiro atoms. The number of methoxy groups -OCH3 is 1. The fraction of sp³-hybridized carbons (Fsp3) is 0.471. The van der Waals surface area contributed by atoms with Crippen molar-refractivity contribution in [2.24, 2.45) is 13.0 Å². The molecule has 0 saturated carbocycles. The lowest BCUT2D eigenvalue weighted by Crippen LogP contribution is -2.22. The number of ether oxygens (including phenoxy) is 2. The first kappa shape index (κ1) is 17.8. The van der Waals surface area contributed by atoms with Crippen molar-refractivity contribution < 1.29 is 14.4 Å². The Bertz CT molecular complexity index is 813. The Morgan fingerprint density at radius 3 is 2.62 bits per heavy atom. The first-order chi connectivity index (χ1) is 11.4. The highest BCUT2D eigenvalue weighted by molar-refractivity contribution is 5.89. The number of fused-ring (bicyclic) bond motifs is 1. The van der Waals surface area contributed by atoms with Crippen LogP contribution in [-0.4, -0.2) is 23.2 Å². The quantitative estimate of drug-likeness (QED) is 0.573. The number of hydrogen-bond acceptors (Lipinski definition) is 5. The summed E-state index contributed by atoms with van der Waals surface area (Å²) in [6.45, 7) is 4.57. The number of nitro benzene ring substituents is 1. The van der Waals surface area contributed by atoms with E-state index in [1.807, 2.05) is 0 Å². The minimum Gasteiger partial charge on any atom is -0.492 e. The lowest BCUT2D eigenvalue weighted by atomic mass is 10.1. The van der Waals surface area contributed by atoms with E-state index in [-0.39, 0.29) is 17.0 Å².